The minimum Gasteiger partial charge on any atom is -0.316 e. The lowest BCUT2D eigenvalue weighted by Gasteiger charge is -2.15. The second kappa shape index (κ2) is 21.0. The lowest BCUT2D eigenvalue weighted by atomic mass is 9.92. The first kappa shape index (κ1) is 34.1. The number of nitrogens with one attached hydrogen (secondary N) is 1. The lowest BCUT2D eigenvalue weighted by molar-refractivity contribution is 0.767. The molecule has 0 fully saturated rings. The van der Waals surface area contributed by atoms with Crippen LogP contribution in [0.5, 0.6) is 0 Å². The summed E-state index contributed by atoms with van der Waals surface area (Å²) in [5.74, 6) is 0.512. The summed E-state index contributed by atoms with van der Waals surface area (Å²) >= 11 is 0. The molecule has 0 radical (unpaired) electrons. The third-order valence-corrected chi connectivity index (χ3v) is 6.88. The van der Waals surface area contributed by atoms with Gasteiger partial charge in [0.15, 0.2) is 0 Å². The van der Waals surface area contributed by atoms with Crippen LogP contribution in [0.1, 0.15) is 87.0 Å². The van der Waals surface area contributed by atoms with Crippen LogP contribution >= 0.6 is 0 Å². The molecule has 1 aliphatic rings. The zero-order chi connectivity index (χ0) is 28.9. The number of hydrogen-bond donors (Lipinski definition) is 1. The standard InChI is InChI=1S/C38H55N/c1-9-12-13-15-18-21-34(10-2)26-27-37(38(29-33(7)31(4)5)36(11-3)30-39-8)23-20-17-14-16-19-22-35-25-24-32(6)28-35/h13-15,17-27,29,31,39H,9-12,16,28,30H2,1-8H3/b15-13-,17-14+,21-18-,22-19+,23-20-,33-29+,34-26+,37-27+,38-36+. The van der Waals surface area contributed by atoms with Crippen LogP contribution in [-0.2, 0) is 0 Å². The molecule has 0 aromatic heterocycles. The number of rotatable bonds is 17. The Kier molecular flexibility index (Phi) is 18.4. The van der Waals surface area contributed by atoms with Gasteiger partial charge in [-0.25, -0.2) is 0 Å². The first-order chi connectivity index (χ1) is 18.9. The Balaban J connectivity index is 3.33. The molecule has 1 aliphatic carbocycles. The molecule has 0 amide bonds. The van der Waals surface area contributed by atoms with E-state index in [1.54, 1.807) is 0 Å². The monoisotopic (exact) mass is 525 g/mol. The zero-order valence-electron chi connectivity index (χ0n) is 26.2. The molecule has 0 aromatic carbocycles. The third-order valence-electron chi connectivity index (χ3n) is 6.88. The van der Waals surface area contributed by atoms with Crippen molar-refractivity contribution in [2.75, 3.05) is 13.6 Å². The van der Waals surface area contributed by atoms with Crippen molar-refractivity contribution < 1.29 is 0 Å². The maximum atomic E-state index is 3.39. The van der Waals surface area contributed by atoms with E-state index in [2.05, 4.69) is 145 Å². The lowest BCUT2D eigenvalue weighted by Crippen LogP contribution is -2.12. The summed E-state index contributed by atoms with van der Waals surface area (Å²) in [7, 11) is 2.03. The molecule has 0 aliphatic heterocycles. The van der Waals surface area contributed by atoms with Gasteiger partial charge in [0, 0.05) is 6.54 Å². The van der Waals surface area contributed by atoms with Crippen molar-refractivity contribution in [3.05, 3.63) is 130 Å². The molecule has 0 unspecified atom stereocenters. The molecule has 212 valence electrons. The number of likely N-dealkylation sites (N-methyl/N-ethyl adjacent to an activating group) is 1. The summed E-state index contributed by atoms with van der Waals surface area (Å²) in [6, 6.07) is 0. The van der Waals surface area contributed by atoms with Gasteiger partial charge in [-0.3, -0.25) is 0 Å². The zero-order valence-corrected chi connectivity index (χ0v) is 26.2. The van der Waals surface area contributed by atoms with Crippen molar-refractivity contribution >= 4 is 0 Å². The Morgan fingerprint density at radius 1 is 0.923 bits per heavy atom. The summed E-state index contributed by atoms with van der Waals surface area (Å²) in [6.45, 7) is 16.6. The van der Waals surface area contributed by atoms with Crippen molar-refractivity contribution in [3.63, 3.8) is 0 Å². The minimum absolute atomic E-state index is 0.512. The van der Waals surface area contributed by atoms with E-state index in [-0.39, 0.29) is 0 Å². The Labute approximate surface area is 241 Å². The van der Waals surface area contributed by atoms with E-state index < -0.39 is 0 Å². The van der Waals surface area contributed by atoms with E-state index in [0.29, 0.717) is 5.92 Å². The Bertz CT molecular complexity index is 1070. The summed E-state index contributed by atoms with van der Waals surface area (Å²) < 4.78 is 0. The normalized spacial score (nSPS) is 16.7. The van der Waals surface area contributed by atoms with Crippen LogP contribution in [-0.4, -0.2) is 13.6 Å². The van der Waals surface area contributed by atoms with Gasteiger partial charge in [0.2, 0.25) is 0 Å². The van der Waals surface area contributed by atoms with Gasteiger partial charge in [-0.15, -0.1) is 0 Å². The van der Waals surface area contributed by atoms with Gasteiger partial charge < -0.3 is 5.32 Å². The highest BCUT2D eigenvalue weighted by Crippen LogP contribution is 2.25. The predicted octanol–water partition coefficient (Wildman–Crippen LogP) is 11.0. The molecule has 1 rings (SSSR count). The quantitative estimate of drug-likeness (QED) is 0.186. The smallest absolute Gasteiger partial charge is 0.0170 e. The van der Waals surface area contributed by atoms with Crippen LogP contribution in [0.2, 0.25) is 0 Å². The third kappa shape index (κ3) is 14.7. The summed E-state index contributed by atoms with van der Waals surface area (Å²) in [6.07, 6.45) is 39.9. The minimum atomic E-state index is 0.512. The molecule has 0 saturated heterocycles. The second-order valence-electron chi connectivity index (χ2n) is 10.6. The van der Waals surface area contributed by atoms with Gasteiger partial charge in [-0.1, -0.05) is 143 Å². The predicted molar refractivity (Wildman–Crippen MR) is 178 cm³/mol. The second-order valence-corrected chi connectivity index (χ2v) is 10.6. The van der Waals surface area contributed by atoms with Gasteiger partial charge in [0.05, 0.1) is 0 Å². The van der Waals surface area contributed by atoms with Gasteiger partial charge in [0.1, 0.15) is 0 Å². The molecule has 0 heterocycles. The van der Waals surface area contributed by atoms with Crippen molar-refractivity contribution in [2.24, 2.45) is 5.92 Å². The van der Waals surface area contributed by atoms with Gasteiger partial charge in [-0.2, -0.15) is 0 Å². The fourth-order valence-electron chi connectivity index (χ4n) is 4.07. The Morgan fingerprint density at radius 3 is 2.28 bits per heavy atom. The van der Waals surface area contributed by atoms with Gasteiger partial charge in [-0.05, 0) is 86.8 Å². The largest absolute Gasteiger partial charge is 0.316 e. The van der Waals surface area contributed by atoms with E-state index in [1.165, 1.54) is 45.4 Å². The van der Waals surface area contributed by atoms with Gasteiger partial charge >= 0.3 is 0 Å². The first-order valence-corrected chi connectivity index (χ1v) is 15.0. The number of unbranched alkanes of at least 4 members (excludes halogenated alkanes) is 1. The molecule has 1 heteroatoms. The van der Waals surface area contributed by atoms with Crippen LogP contribution in [0.3, 0.4) is 0 Å². The highest BCUT2D eigenvalue weighted by Gasteiger charge is 2.08. The molecular weight excluding hydrogens is 470 g/mol. The van der Waals surface area contributed by atoms with Crippen LogP contribution in [0.25, 0.3) is 0 Å². The highest BCUT2D eigenvalue weighted by molar-refractivity contribution is 5.53. The van der Waals surface area contributed by atoms with Crippen molar-refractivity contribution in [1.29, 1.82) is 0 Å². The molecule has 0 saturated carbocycles. The SMILES string of the molecule is CCC/C=C\C=C/C(=C/C=C(\C=C/C=C/C/C=C/C1=CC=C(C)C1)C(/C=C(\C)C(C)C)=C(\CC)CNC)CC. The summed E-state index contributed by atoms with van der Waals surface area (Å²) in [4.78, 5) is 0. The van der Waals surface area contributed by atoms with Crippen molar-refractivity contribution in [3.8, 4) is 0 Å². The molecule has 0 aromatic rings. The van der Waals surface area contributed by atoms with E-state index in [4.69, 9.17) is 0 Å². The number of hydrogen-bond acceptors (Lipinski definition) is 1. The van der Waals surface area contributed by atoms with Crippen LogP contribution in [0.4, 0.5) is 0 Å². The topological polar surface area (TPSA) is 12.0 Å². The maximum Gasteiger partial charge on any atom is 0.0170 e. The molecule has 0 bridgehead atoms. The van der Waals surface area contributed by atoms with Crippen molar-refractivity contribution in [2.45, 2.75) is 87.0 Å². The molecule has 1 N–H and O–H groups in total. The number of allylic oxidation sites excluding steroid dienone is 21. The average molecular weight is 526 g/mol. The molecule has 39 heavy (non-hydrogen) atoms. The van der Waals surface area contributed by atoms with Crippen molar-refractivity contribution in [1.82, 2.24) is 5.32 Å². The van der Waals surface area contributed by atoms with E-state index in [9.17, 15) is 0 Å². The van der Waals surface area contributed by atoms with E-state index in [0.717, 1.165) is 38.6 Å². The van der Waals surface area contributed by atoms with Gasteiger partial charge in [0.25, 0.3) is 0 Å². The Hall–Kier alpha value is -2.90. The van der Waals surface area contributed by atoms with E-state index in [1.807, 2.05) is 7.05 Å². The molecular formula is C38H55N. The average Bonchev–Trinajstić information content (AvgIpc) is 3.34. The molecule has 1 nitrogen and oxygen atoms in total. The van der Waals surface area contributed by atoms with Crippen LogP contribution in [0.15, 0.2) is 130 Å². The van der Waals surface area contributed by atoms with Crippen LogP contribution in [0, 0.1) is 5.92 Å². The maximum absolute atomic E-state index is 3.39. The molecule has 0 atom stereocenters. The Morgan fingerprint density at radius 2 is 1.67 bits per heavy atom. The summed E-state index contributed by atoms with van der Waals surface area (Å²) in [5.41, 5.74) is 9.57. The first-order valence-electron chi connectivity index (χ1n) is 15.0. The van der Waals surface area contributed by atoms with Crippen LogP contribution < -0.4 is 5.32 Å². The fourth-order valence-corrected chi connectivity index (χ4v) is 4.07. The molecule has 0 spiro atoms. The highest BCUT2D eigenvalue weighted by atomic mass is 14.8. The fraction of sp³-hybridized carbons (Fsp3) is 0.421. The summed E-state index contributed by atoms with van der Waals surface area (Å²) in [5, 5.41) is 3.39. The van der Waals surface area contributed by atoms with E-state index >= 15 is 0 Å².